The molecule has 0 radical (unpaired) electrons. The van der Waals surface area contributed by atoms with E-state index in [4.69, 9.17) is 0 Å². The summed E-state index contributed by atoms with van der Waals surface area (Å²) in [7, 11) is 0. The Morgan fingerprint density at radius 1 is 1.15 bits per heavy atom. The van der Waals surface area contributed by atoms with Crippen molar-refractivity contribution in [1.29, 1.82) is 0 Å². The Kier molecular flexibility index (Phi) is 6.60. The van der Waals surface area contributed by atoms with Gasteiger partial charge in [-0.25, -0.2) is 0 Å². The second kappa shape index (κ2) is 7.96. The van der Waals surface area contributed by atoms with Gasteiger partial charge in [0.2, 0.25) is 0 Å². The smallest absolute Gasteiger partial charge is 0.376 e. The van der Waals surface area contributed by atoms with E-state index in [0.29, 0.717) is 6.42 Å². The minimum absolute atomic E-state index is 0.180. The lowest BCUT2D eigenvalue weighted by atomic mass is 10.0. The Hall–Kier alpha value is -1.47. The molecule has 1 aromatic rings. The van der Waals surface area contributed by atoms with Crippen LogP contribution in [0.15, 0.2) is 24.3 Å². The summed E-state index contributed by atoms with van der Waals surface area (Å²) in [6, 6.07) is 4.99. The molecular formula is C16H19F3O. The number of rotatable bonds is 5. The van der Waals surface area contributed by atoms with Crippen molar-refractivity contribution in [2.24, 2.45) is 0 Å². The highest BCUT2D eigenvalue weighted by Gasteiger charge is 2.34. The highest BCUT2D eigenvalue weighted by molar-refractivity contribution is 5.35. The molecule has 0 saturated carbocycles. The molecule has 0 saturated heterocycles. The Morgan fingerprint density at radius 3 is 2.50 bits per heavy atom. The lowest BCUT2D eigenvalue weighted by molar-refractivity contribution is -0.138. The standard InChI is InChI=1S/C16H19F3O/c1-2-3-4-5-6-7-12-15(20)13-10-8-9-11-14(13)16(17,18)19/h8-11,15,20H,2-6H2,1H3. The summed E-state index contributed by atoms with van der Waals surface area (Å²) in [6.45, 7) is 2.10. The second-order valence-corrected chi connectivity index (χ2v) is 4.62. The maximum absolute atomic E-state index is 12.8. The largest absolute Gasteiger partial charge is 0.416 e. The van der Waals surface area contributed by atoms with Gasteiger partial charge in [0.15, 0.2) is 0 Å². The van der Waals surface area contributed by atoms with Crippen molar-refractivity contribution >= 4 is 0 Å². The number of hydrogen-bond donors (Lipinski definition) is 1. The van der Waals surface area contributed by atoms with Crippen molar-refractivity contribution in [3.05, 3.63) is 35.4 Å². The van der Waals surface area contributed by atoms with Crippen LogP contribution >= 0.6 is 0 Å². The van der Waals surface area contributed by atoms with Gasteiger partial charge >= 0.3 is 6.18 Å². The zero-order chi connectivity index (χ0) is 15.0. The first-order chi connectivity index (χ1) is 9.46. The van der Waals surface area contributed by atoms with E-state index in [-0.39, 0.29) is 5.56 Å². The number of benzene rings is 1. The minimum atomic E-state index is -4.47. The Morgan fingerprint density at radius 2 is 1.85 bits per heavy atom. The first kappa shape index (κ1) is 16.6. The number of aliphatic hydroxyl groups excluding tert-OH is 1. The molecule has 1 nitrogen and oxygen atoms in total. The minimum Gasteiger partial charge on any atom is -0.376 e. The Bertz CT molecular complexity index is 469. The number of unbranched alkanes of at least 4 members (excludes halogenated alkanes) is 4. The van der Waals surface area contributed by atoms with Gasteiger partial charge in [-0.2, -0.15) is 13.2 Å². The SMILES string of the molecule is CCCCCCC#CC(O)c1ccccc1C(F)(F)F. The van der Waals surface area contributed by atoms with Gasteiger partial charge in [0, 0.05) is 12.0 Å². The van der Waals surface area contributed by atoms with Crippen molar-refractivity contribution in [1.82, 2.24) is 0 Å². The van der Waals surface area contributed by atoms with Gasteiger partial charge < -0.3 is 5.11 Å². The average Bonchev–Trinajstić information content (AvgIpc) is 2.41. The molecule has 0 bridgehead atoms. The monoisotopic (exact) mass is 284 g/mol. The molecule has 0 aliphatic rings. The fraction of sp³-hybridized carbons (Fsp3) is 0.500. The van der Waals surface area contributed by atoms with Crippen molar-refractivity contribution in [2.75, 3.05) is 0 Å². The quantitative estimate of drug-likeness (QED) is 0.613. The van der Waals surface area contributed by atoms with Crippen LogP contribution in [-0.4, -0.2) is 5.11 Å². The van der Waals surface area contributed by atoms with E-state index in [2.05, 4.69) is 18.8 Å². The molecule has 1 unspecified atom stereocenters. The number of halogens is 3. The lowest BCUT2D eigenvalue weighted by Crippen LogP contribution is -2.11. The van der Waals surface area contributed by atoms with E-state index >= 15 is 0 Å². The van der Waals surface area contributed by atoms with Gasteiger partial charge in [-0.3, -0.25) is 0 Å². The molecule has 0 aliphatic carbocycles. The Balaban J connectivity index is 2.69. The fourth-order valence-corrected chi connectivity index (χ4v) is 1.88. The van der Waals surface area contributed by atoms with Gasteiger partial charge in [-0.05, 0) is 12.5 Å². The topological polar surface area (TPSA) is 20.2 Å². The fourth-order valence-electron chi connectivity index (χ4n) is 1.88. The van der Waals surface area contributed by atoms with E-state index in [1.807, 2.05) is 0 Å². The summed E-state index contributed by atoms with van der Waals surface area (Å²) in [6.07, 6.45) is -1.05. The Labute approximate surface area is 117 Å². The van der Waals surface area contributed by atoms with Crippen LogP contribution in [0.4, 0.5) is 13.2 Å². The van der Waals surface area contributed by atoms with Crippen LogP contribution in [0, 0.1) is 11.8 Å². The van der Waals surface area contributed by atoms with Crippen LogP contribution in [-0.2, 0) is 6.18 Å². The molecule has 0 spiro atoms. The average molecular weight is 284 g/mol. The zero-order valence-electron chi connectivity index (χ0n) is 11.5. The normalized spacial score (nSPS) is 12.7. The maximum atomic E-state index is 12.8. The molecule has 110 valence electrons. The van der Waals surface area contributed by atoms with Crippen molar-refractivity contribution in [2.45, 2.75) is 51.3 Å². The lowest BCUT2D eigenvalue weighted by Gasteiger charge is -2.13. The molecule has 0 heterocycles. The summed E-state index contributed by atoms with van der Waals surface area (Å²) in [5.41, 5.74) is -1.01. The van der Waals surface area contributed by atoms with Crippen LogP contribution in [0.1, 0.15) is 56.3 Å². The van der Waals surface area contributed by atoms with E-state index in [0.717, 1.165) is 31.7 Å². The van der Waals surface area contributed by atoms with Gasteiger partial charge in [-0.15, -0.1) is 5.92 Å². The summed E-state index contributed by atoms with van der Waals surface area (Å²) in [5.74, 6) is 5.25. The van der Waals surface area contributed by atoms with E-state index in [1.165, 1.54) is 18.2 Å². The van der Waals surface area contributed by atoms with Crippen LogP contribution in [0.25, 0.3) is 0 Å². The number of hydrogen-bond acceptors (Lipinski definition) is 1. The third-order valence-electron chi connectivity index (χ3n) is 2.95. The third kappa shape index (κ3) is 5.26. The molecular weight excluding hydrogens is 265 g/mol. The van der Waals surface area contributed by atoms with Gasteiger partial charge in [0.1, 0.15) is 6.10 Å². The molecule has 1 atom stereocenters. The summed E-state index contributed by atoms with van der Waals surface area (Å²) >= 11 is 0. The molecule has 0 amide bonds. The molecule has 4 heteroatoms. The van der Waals surface area contributed by atoms with Crippen molar-refractivity contribution in [3.8, 4) is 11.8 Å². The van der Waals surface area contributed by atoms with Gasteiger partial charge in [-0.1, -0.05) is 50.3 Å². The van der Waals surface area contributed by atoms with E-state index in [9.17, 15) is 18.3 Å². The molecule has 1 rings (SSSR count). The van der Waals surface area contributed by atoms with Crippen molar-refractivity contribution < 1.29 is 18.3 Å². The third-order valence-corrected chi connectivity index (χ3v) is 2.95. The first-order valence-corrected chi connectivity index (χ1v) is 6.79. The van der Waals surface area contributed by atoms with E-state index < -0.39 is 17.8 Å². The van der Waals surface area contributed by atoms with Crippen LogP contribution in [0.2, 0.25) is 0 Å². The van der Waals surface area contributed by atoms with Crippen molar-refractivity contribution in [3.63, 3.8) is 0 Å². The molecule has 0 aromatic heterocycles. The number of alkyl halides is 3. The maximum Gasteiger partial charge on any atom is 0.416 e. The van der Waals surface area contributed by atoms with E-state index in [1.54, 1.807) is 0 Å². The van der Waals surface area contributed by atoms with Crippen LogP contribution in [0.3, 0.4) is 0 Å². The number of aliphatic hydroxyl groups is 1. The predicted octanol–water partition coefficient (Wildman–Crippen LogP) is 4.71. The highest BCUT2D eigenvalue weighted by Crippen LogP contribution is 2.34. The van der Waals surface area contributed by atoms with Crippen LogP contribution < -0.4 is 0 Å². The molecule has 0 fully saturated rings. The first-order valence-electron chi connectivity index (χ1n) is 6.79. The molecule has 1 N–H and O–H groups in total. The second-order valence-electron chi connectivity index (χ2n) is 4.62. The summed E-state index contributed by atoms with van der Waals surface area (Å²) in [4.78, 5) is 0. The molecule has 0 aliphatic heterocycles. The predicted molar refractivity (Wildman–Crippen MR) is 72.9 cm³/mol. The molecule has 1 aromatic carbocycles. The summed E-state index contributed by atoms with van der Waals surface area (Å²) < 4.78 is 38.3. The highest BCUT2D eigenvalue weighted by atomic mass is 19.4. The zero-order valence-corrected chi connectivity index (χ0v) is 11.5. The molecule has 20 heavy (non-hydrogen) atoms. The van der Waals surface area contributed by atoms with Gasteiger partial charge in [0.05, 0.1) is 5.56 Å². The summed E-state index contributed by atoms with van der Waals surface area (Å²) in [5, 5.41) is 9.79. The van der Waals surface area contributed by atoms with Gasteiger partial charge in [0.25, 0.3) is 0 Å². The van der Waals surface area contributed by atoms with Crippen LogP contribution in [0.5, 0.6) is 0 Å².